The zero-order valence-electron chi connectivity index (χ0n) is 21.9. The van der Waals surface area contributed by atoms with E-state index in [0.29, 0.717) is 16.9 Å². The van der Waals surface area contributed by atoms with Crippen molar-refractivity contribution in [3.05, 3.63) is 89.0 Å². The predicted molar refractivity (Wildman–Crippen MR) is 148 cm³/mol. The minimum atomic E-state index is -0.451. The van der Waals surface area contributed by atoms with Gasteiger partial charge in [-0.05, 0) is 72.2 Å². The molecule has 3 aromatic carbocycles. The Morgan fingerprint density at radius 3 is 1.89 bits per heavy atom. The van der Waals surface area contributed by atoms with Crippen LogP contribution in [0.25, 0.3) is 11.1 Å². The van der Waals surface area contributed by atoms with Crippen LogP contribution in [0.4, 0.5) is 0 Å². The number of ether oxygens (including phenoxy) is 1. The van der Waals surface area contributed by atoms with Crippen LogP contribution in [-0.4, -0.2) is 5.97 Å². The van der Waals surface area contributed by atoms with Gasteiger partial charge in [0, 0.05) is 0 Å². The number of carbonyl (C=O) groups excluding carboxylic acids is 1. The molecule has 0 aliphatic carbocycles. The summed E-state index contributed by atoms with van der Waals surface area (Å²) in [5, 5.41) is 9.60. The lowest BCUT2D eigenvalue weighted by Gasteiger charge is -2.09. The van der Waals surface area contributed by atoms with Crippen molar-refractivity contribution in [2.24, 2.45) is 0 Å². The van der Waals surface area contributed by atoms with Crippen LogP contribution in [0.2, 0.25) is 0 Å². The lowest BCUT2D eigenvalue weighted by Crippen LogP contribution is -2.09. The Labute approximate surface area is 217 Å². The van der Waals surface area contributed by atoms with E-state index in [1.54, 1.807) is 18.2 Å². The Bertz CT molecular complexity index is 1120. The van der Waals surface area contributed by atoms with E-state index < -0.39 is 5.97 Å². The van der Waals surface area contributed by atoms with Crippen molar-refractivity contribution in [3.63, 3.8) is 0 Å². The summed E-state index contributed by atoms with van der Waals surface area (Å²) in [6.45, 7) is 4.44. The molecule has 0 radical (unpaired) electrons. The Morgan fingerprint density at radius 2 is 1.22 bits per heavy atom. The predicted octanol–water partition coefficient (Wildman–Crippen LogP) is 9.08. The molecular formula is C33H39NO2. The molecule has 36 heavy (non-hydrogen) atoms. The van der Waals surface area contributed by atoms with Crippen LogP contribution in [0.3, 0.4) is 0 Å². The van der Waals surface area contributed by atoms with Gasteiger partial charge in [0.1, 0.15) is 11.8 Å². The summed E-state index contributed by atoms with van der Waals surface area (Å²) >= 11 is 0. The molecule has 0 atom stereocenters. The molecule has 188 valence electrons. The number of benzene rings is 3. The summed E-state index contributed by atoms with van der Waals surface area (Å²) in [6.07, 6.45) is 13.2. The minimum absolute atomic E-state index is 0.317. The average Bonchev–Trinajstić information content (AvgIpc) is 2.92. The highest BCUT2D eigenvalue weighted by Gasteiger charge is 2.13. The highest BCUT2D eigenvalue weighted by atomic mass is 16.5. The van der Waals surface area contributed by atoms with Crippen LogP contribution in [0.15, 0.2) is 66.7 Å². The van der Waals surface area contributed by atoms with E-state index in [9.17, 15) is 10.1 Å². The summed E-state index contributed by atoms with van der Waals surface area (Å²) in [5.41, 5.74) is 5.53. The van der Waals surface area contributed by atoms with Gasteiger partial charge in [0.25, 0.3) is 0 Å². The normalized spacial score (nSPS) is 10.7. The van der Waals surface area contributed by atoms with E-state index in [1.165, 1.54) is 56.9 Å². The van der Waals surface area contributed by atoms with Crippen LogP contribution in [0.1, 0.15) is 98.7 Å². The van der Waals surface area contributed by atoms with Gasteiger partial charge in [-0.15, -0.1) is 0 Å². The molecule has 3 rings (SSSR count). The van der Waals surface area contributed by atoms with Gasteiger partial charge in [-0.3, -0.25) is 0 Å². The second kappa shape index (κ2) is 14.9. The third-order valence-corrected chi connectivity index (χ3v) is 6.66. The second-order valence-corrected chi connectivity index (χ2v) is 9.58. The maximum atomic E-state index is 12.8. The van der Waals surface area contributed by atoms with E-state index in [1.807, 2.05) is 24.3 Å². The number of aryl methyl sites for hydroxylation is 2. The molecule has 0 fully saturated rings. The molecule has 0 aliphatic rings. The Kier molecular flexibility index (Phi) is 11.3. The maximum absolute atomic E-state index is 12.8. The number of nitriles is 1. The molecule has 0 amide bonds. The molecule has 3 aromatic rings. The Morgan fingerprint density at radius 1 is 0.694 bits per heavy atom. The standard InChI is InChI=1S/C33H39NO2/c1-3-5-7-8-9-11-13-27-16-23-32(31(24-27)25-34)36-33(35)30-21-19-29(20-22-30)28-17-14-26(15-18-28)12-10-6-4-2/h14-24H,3-13H2,1-2H3. The molecule has 0 spiro atoms. The van der Waals surface area contributed by atoms with Crippen molar-refractivity contribution in [2.45, 2.75) is 84.5 Å². The van der Waals surface area contributed by atoms with Crippen molar-refractivity contribution in [1.82, 2.24) is 0 Å². The molecule has 0 aromatic heterocycles. The van der Waals surface area contributed by atoms with Crippen molar-refractivity contribution in [3.8, 4) is 22.9 Å². The second-order valence-electron chi connectivity index (χ2n) is 9.58. The number of rotatable bonds is 14. The number of hydrogen-bond acceptors (Lipinski definition) is 3. The molecular weight excluding hydrogens is 442 g/mol. The Balaban J connectivity index is 1.57. The van der Waals surface area contributed by atoms with E-state index >= 15 is 0 Å². The summed E-state index contributed by atoms with van der Waals surface area (Å²) in [4.78, 5) is 12.8. The van der Waals surface area contributed by atoms with Crippen molar-refractivity contribution in [2.75, 3.05) is 0 Å². The zero-order valence-corrected chi connectivity index (χ0v) is 21.9. The van der Waals surface area contributed by atoms with Gasteiger partial charge in [-0.2, -0.15) is 5.26 Å². The fraction of sp³-hybridized carbons (Fsp3) is 0.394. The summed E-state index contributed by atoms with van der Waals surface area (Å²) in [5.74, 6) is -0.134. The van der Waals surface area contributed by atoms with Gasteiger partial charge in [0.05, 0.1) is 11.1 Å². The third-order valence-electron chi connectivity index (χ3n) is 6.66. The van der Waals surface area contributed by atoms with Gasteiger partial charge in [0.15, 0.2) is 0 Å². The summed E-state index contributed by atoms with van der Waals surface area (Å²) < 4.78 is 5.59. The topological polar surface area (TPSA) is 50.1 Å². The molecule has 0 bridgehead atoms. The smallest absolute Gasteiger partial charge is 0.343 e. The van der Waals surface area contributed by atoms with Gasteiger partial charge < -0.3 is 4.74 Å². The first-order chi connectivity index (χ1) is 17.6. The zero-order chi connectivity index (χ0) is 25.6. The molecule has 0 N–H and O–H groups in total. The monoisotopic (exact) mass is 481 g/mol. The van der Waals surface area contributed by atoms with E-state index in [0.717, 1.165) is 36.0 Å². The van der Waals surface area contributed by atoms with Crippen LogP contribution in [-0.2, 0) is 12.8 Å². The maximum Gasteiger partial charge on any atom is 0.343 e. The number of hydrogen-bond donors (Lipinski definition) is 0. The van der Waals surface area contributed by atoms with E-state index in [2.05, 4.69) is 44.2 Å². The number of nitrogens with zero attached hydrogens (tertiary/aromatic N) is 1. The van der Waals surface area contributed by atoms with Gasteiger partial charge in [-0.1, -0.05) is 101 Å². The molecule has 0 heterocycles. The first kappa shape index (κ1) is 27.2. The van der Waals surface area contributed by atoms with Crippen LogP contribution < -0.4 is 4.74 Å². The minimum Gasteiger partial charge on any atom is -0.422 e. The quantitative estimate of drug-likeness (QED) is 0.131. The van der Waals surface area contributed by atoms with Gasteiger partial charge in [-0.25, -0.2) is 4.79 Å². The average molecular weight is 482 g/mol. The van der Waals surface area contributed by atoms with Crippen molar-refractivity contribution >= 4 is 5.97 Å². The third kappa shape index (κ3) is 8.38. The van der Waals surface area contributed by atoms with Crippen LogP contribution >= 0.6 is 0 Å². The lowest BCUT2D eigenvalue weighted by molar-refractivity contribution is 0.0734. The largest absolute Gasteiger partial charge is 0.422 e. The first-order valence-electron chi connectivity index (χ1n) is 13.6. The fourth-order valence-corrected chi connectivity index (χ4v) is 4.42. The highest BCUT2D eigenvalue weighted by molar-refractivity contribution is 5.92. The van der Waals surface area contributed by atoms with Crippen LogP contribution in [0.5, 0.6) is 5.75 Å². The molecule has 3 nitrogen and oxygen atoms in total. The lowest BCUT2D eigenvalue weighted by atomic mass is 10.0. The molecule has 0 aliphatic heterocycles. The first-order valence-corrected chi connectivity index (χ1v) is 13.6. The van der Waals surface area contributed by atoms with Crippen molar-refractivity contribution < 1.29 is 9.53 Å². The number of esters is 1. The highest BCUT2D eigenvalue weighted by Crippen LogP contribution is 2.24. The fourth-order valence-electron chi connectivity index (χ4n) is 4.42. The summed E-state index contributed by atoms with van der Waals surface area (Å²) in [7, 11) is 0. The molecule has 0 saturated heterocycles. The van der Waals surface area contributed by atoms with Crippen molar-refractivity contribution in [1.29, 1.82) is 5.26 Å². The number of carbonyl (C=O) groups is 1. The van der Waals surface area contributed by atoms with E-state index in [-0.39, 0.29) is 0 Å². The number of unbranched alkanes of at least 4 members (excludes halogenated alkanes) is 7. The molecule has 0 unspecified atom stereocenters. The summed E-state index contributed by atoms with van der Waals surface area (Å²) in [6, 6.07) is 23.9. The van der Waals surface area contributed by atoms with Gasteiger partial charge >= 0.3 is 5.97 Å². The Hall–Kier alpha value is -3.38. The molecule has 3 heteroatoms. The molecule has 0 saturated carbocycles. The van der Waals surface area contributed by atoms with Gasteiger partial charge in [0.2, 0.25) is 0 Å². The SMILES string of the molecule is CCCCCCCCc1ccc(OC(=O)c2ccc(-c3ccc(CCCCC)cc3)cc2)c(C#N)c1. The van der Waals surface area contributed by atoms with Crippen LogP contribution in [0, 0.1) is 11.3 Å². The van der Waals surface area contributed by atoms with E-state index in [4.69, 9.17) is 4.74 Å².